The maximum absolute atomic E-state index is 12.0. The van der Waals surface area contributed by atoms with Crippen LogP contribution in [-0.2, 0) is 6.42 Å². The third kappa shape index (κ3) is 3.73. The van der Waals surface area contributed by atoms with Gasteiger partial charge in [0.1, 0.15) is 0 Å². The number of rotatable bonds is 6. The van der Waals surface area contributed by atoms with E-state index in [1.807, 2.05) is 30.3 Å². The Bertz CT molecular complexity index is 574. The normalized spacial score (nSPS) is 17.7. The van der Waals surface area contributed by atoms with Crippen LogP contribution in [0.1, 0.15) is 50.5 Å². The lowest BCUT2D eigenvalue weighted by Crippen LogP contribution is -2.42. The predicted molar refractivity (Wildman–Crippen MR) is 85.9 cm³/mol. The van der Waals surface area contributed by atoms with E-state index >= 15 is 0 Å². The molecule has 1 aliphatic carbocycles. The summed E-state index contributed by atoms with van der Waals surface area (Å²) in [5, 5.41) is 20.9. The summed E-state index contributed by atoms with van der Waals surface area (Å²) in [7, 11) is 0. The lowest BCUT2D eigenvalue weighted by molar-refractivity contribution is -0.559. The van der Waals surface area contributed by atoms with Gasteiger partial charge in [-0.15, -0.1) is 0 Å². The van der Waals surface area contributed by atoms with E-state index in [1.54, 1.807) is 0 Å². The van der Waals surface area contributed by atoms with Crippen LogP contribution in [-0.4, -0.2) is 10.5 Å². The van der Waals surface area contributed by atoms with Crippen molar-refractivity contribution in [3.63, 3.8) is 0 Å². The van der Waals surface area contributed by atoms with Crippen molar-refractivity contribution in [2.45, 2.75) is 56.9 Å². The molecule has 0 amide bonds. The molecule has 0 aromatic heterocycles. The number of hydrogen-bond acceptors (Lipinski definition) is 3. The van der Waals surface area contributed by atoms with Gasteiger partial charge in [0.15, 0.2) is 0 Å². The second-order valence-electron chi connectivity index (χ2n) is 5.94. The molecule has 2 rings (SSSR count). The van der Waals surface area contributed by atoms with Crippen molar-refractivity contribution in [2.24, 2.45) is 0 Å². The first-order chi connectivity index (χ1) is 10.7. The SMILES string of the molecule is N#CCCC(Cc1ccccc1)(C1=CCCCCC1)[N+](=O)[O-]. The first kappa shape index (κ1) is 16.2. The monoisotopic (exact) mass is 298 g/mol. The number of nitrogens with zero attached hydrogens (tertiary/aromatic N) is 2. The van der Waals surface area contributed by atoms with Gasteiger partial charge in [0.05, 0.1) is 6.07 Å². The van der Waals surface area contributed by atoms with E-state index in [-0.39, 0.29) is 17.8 Å². The number of allylic oxidation sites excluding steroid dienone is 1. The molecular weight excluding hydrogens is 276 g/mol. The second-order valence-corrected chi connectivity index (χ2v) is 5.94. The zero-order valence-electron chi connectivity index (χ0n) is 12.8. The molecular formula is C18H22N2O2. The topological polar surface area (TPSA) is 66.9 Å². The summed E-state index contributed by atoms with van der Waals surface area (Å²) in [6.45, 7) is 0. The first-order valence-corrected chi connectivity index (χ1v) is 7.94. The fraction of sp³-hybridized carbons (Fsp3) is 0.500. The van der Waals surface area contributed by atoms with E-state index in [2.05, 4.69) is 12.1 Å². The van der Waals surface area contributed by atoms with E-state index in [0.717, 1.165) is 43.2 Å². The summed E-state index contributed by atoms with van der Waals surface area (Å²) in [4.78, 5) is 11.9. The molecule has 1 unspecified atom stereocenters. The molecule has 1 atom stereocenters. The summed E-state index contributed by atoms with van der Waals surface area (Å²) in [6.07, 6.45) is 7.85. The van der Waals surface area contributed by atoms with Crippen LogP contribution >= 0.6 is 0 Å². The molecule has 0 saturated heterocycles. The molecule has 0 heterocycles. The van der Waals surface area contributed by atoms with Crippen LogP contribution in [0.25, 0.3) is 0 Å². The minimum absolute atomic E-state index is 0.144. The summed E-state index contributed by atoms with van der Waals surface area (Å²) >= 11 is 0. The zero-order valence-corrected chi connectivity index (χ0v) is 12.8. The second kappa shape index (κ2) is 7.74. The van der Waals surface area contributed by atoms with Crippen molar-refractivity contribution < 1.29 is 4.92 Å². The van der Waals surface area contributed by atoms with Gasteiger partial charge in [-0.05, 0) is 31.2 Å². The molecule has 0 radical (unpaired) electrons. The quantitative estimate of drug-likeness (QED) is 0.443. The van der Waals surface area contributed by atoms with Crippen LogP contribution in [0.3, 0.4) is 0 Å². The minimum atomic E-state index is -1.12. The number of benzene rings is 1. The highest BCUT2D eigenvalue weighted by molar-refractivity contribution is 5.26. The van der Waals surface area contributed by atoms with Crippen LogP contribution in [0.2, 0.25) is 0 Å². The fourth-order valence-corrected chi connectivity index (χ4v) is 3.27. The molecule has 4 nitrogen and oxygen atoms in total. The summed E-state index contributed by atoms with van der Waals surface area (Å²) in [5.74, 6) is 0. The van der Waals surface area contributed by atoms with Crippen LogP contribution in [0.15, 0.2) is 42.0 Å². The summed E-state index contributed by atoms with van der Waals surface area (Å²) in [5.41, 5.74) is 0.762. The van der Waals surface area contributed by atoms with Gasteiger partial charge in [0.25, 0.3) is 0 Å². The first-order valence-electron chi connectivity index (χ1n) is 7.94. The number of nitro groups is 1. The molecule has 0 spiro atoms. The zero-order chi connectivity index (χ0) is 15.8. The van der Waals surface area contributed by atoms with Gasteiger partial charge < -0.3 is 0 Å². The average molecular weight is 298 g/mol. The molecule has 116 valence electrons. The minimum Gasteiger partial charge on any atom is -0.264 e. The fourth-order valence-electron chi connectivity index (χ4n) is 3.27. The molecule has 1 aliphatic rings. The Morgan fingerprint density at radius 2 is 2.00 bits per heavy atom. The lowest BCUT2D eigenvalue weighted by atomic mass is 9.78. The Kier molecular flexibility index (Phi) is 5.71. The van der Waals surface area contributed by atoms with Gasteiger partial charge in [-0.1, -0.05) is 42.8 Å². The summed E-state index contributed by atoms with van der Waals surface area (Å²) < 4.78 is 0. The maximum Gasteiger partial charge on any atom is 0.248 e. The largest absolute Gasteiger partial charge is 0.264 e. The number of nitriles is 1. The molecule has 4 heteroatoms. The molecule has 0 N–H and O–H groups in total. The van der Waals surface area contributed by atoms with Crippen LogP contribution < -0.4 is 0 Å². The van der Waals surface area contributed by atoms with E-state index in [0.29, 0.717) is 6.42 Å². The van der Waals surface area contributed by atoms with Crippen molar-refractivity contribution in [3.8, 4) is 6.07 Å². The molecule has 0 fully saturated rings. The molecule has 1 aromatic carbocycles. The standard InChI is InChI=1S/C18H22N2O2/c19-14-8-13-18(20(21)22,15-16-9-4-3-5-10-16)17-11-6-1-2-7-12-17/h3-5,9-11H,1-2,6-8,12-13,15H2. The van der Waals surface area contributed by atoms with Crippen molar-refractivity contribution in [2.75, 3.05) is 0 Å². The van der Waals surface area contributed by atoms with Crippen LogP contribution in [0.5, 0.6) is 0 Å². The van der Waals surface area contributed by atoms with Gasteiger partial charge in [-0.2, -0.15) is 5.26 Å². The molecule has 0 aliphatic heterocycles. The van der Waals surface area contributed by atoms with E-state index in [4.69, 9.17) is 5.26 Å². The number of hydrogen-bond donors (Lipinski definition) is 0. The van der Waals surface area contributed by atoms with E-state index in [1.165, 1.54) is 0 Å². The Morgan fingerprint density at radius 1 is 1.23 bits per heavy atom. The van der Waals surface area contributed by atoms with Gasteiger partial charge in [0, 0.05) is 29.8 Å². The molecule has 0 bridgehead atoms. The average Bonchev–Trinajstić information content (AvgIpc) is 2.81. The lowest BCUT2D eigenvalue weighted by Gasteiger charge is -2.27. The van der Waals surface area contributed by atoms with Crippen LogP contribution in [0.4, 0.5) is 0 Å². The Morgan fingerprint density at radius 3 is 2.68 bits per heavy atom. The summed E-state index contributed by atoms with van der Waals surface area (Å²) in [6, 6.07) is 11.7. The highest BCUT2D eigenvalue weighted by atomic mass is 16.6. The third-order valence-electron chi connectivity index (χ3n) is 4.48. The predicted octanol–water partition coefficient (Wildman–Crippen LogP) is 4.44. The Hall–Kier alpha value is -2.15. The van der Waals surface area contributed by atoms with Gasteiger partial charge in [-0.3, -0.25) is 10.1 Å². The highest BCUT2D eigenvalue weighted by Gasteiger charge is 2.45. The molecule has 1 aromatic rings. The van der Waals surface area contributed by atoms with Crippen molar-refractivity contribution in [1.29, 1.82) is 5.26 Å². The molecule has 22 heavy (non-hydrogen) atoms. The van der Waals surface area contributed by atoms with Gasteiger partial charge in [0.2, 0.25) is 5.54 Å². The highest BCUT2D eigenvalue weighted by Crippen LogP contribution is 2.36. The van der Waals surface area contributed by atoms with Gasteiger partial charge in [-0.25, -0.2) is 0 Å². The van der Waals surface area contributed by atoms with Crippen molar-refractivity contribution in [3.05, 3.63) is 57.7 Å². The third-order valence-corrected chi connectivity index (χ3v) is 4.48. The van der Waals surface area contributed by atoms with Crippen molar-refractivity contribution >= 4 is 0 Å². The smallest absolute Gasteiger partial charge is 0.248 e. The Balaban J connectivity index is 2.38. The van der Waals surface area contributed by atoms with E-state index < -0.39 is 5.54 Å². The maximum atomic E-state index is 12.0. The van der Waals surface area contributed by atoms with E-state index in [9.17, 15) is 10.1 Å². The molecule has 0 saturated carbocycles. The Labute approximate surface area is 131 Å². The van der Waals surface area contributed by atoms with Gasteiger partial charge >= 0.3 is 0 Å². The van der Waals surface area contributed by atoms with Crippen molar-refractivity contribution in [1.82, 2.24) is 0 Å². The van der Waals surface area contributed by atoms with Crippen LogP contribution in [0, 0.1) is 21.4 Å².